The summed E-state index contributed by atoms with van der Waals surface area (Å²) in [5.41, 5.74) is 0.570. The smallest absolute Gasteiger partial charge is 0.254 e. The summed E-state index contributed by atoms with van der Waals surface area (Å²) in [6, 6.07) is 5.74. The summed E-state index contributed by atoms with van der Waals surface area (Å²) in [4.78, 5) is 15.3. The van der Waals surface area contributed by atoms with Gasteiger partial charge in [0.05, 0.1) is 33.2 Å². The van der Waals surface area contributed by atoms with E-state index in [1.165, 1.54) is 17.0 Å². The minimum atomic E-state index is -0.306. The lowest BCUT2D eigenvalue weighted by Gasteiger charge is -2.30. The third kappa shape index (κ3) is 2.39. The van der Waals surface area contributed by atoms with E-state index in [0.717, 1.165) is 26.2 Å². The Morgan fingerprint density at radius 1 is 1.25 bits per heavy atom. The van der Waals surface area contributed by atoms with Gasteiger partial charge in [0.1, 0.15) is 5.82 Å². The number of hydrogen-bond acceptors (Lipinski definition) is 1. The zero-order chi connectivity index (χ0) is 11.5. The molecule has 1 heterocycles. The van der Waals surface area contributed by atoms with Crippen molar-refractivity contribution in [2.75, 3.05) is 33.2 Å². The van der Waals surface area contributed by atoms with E-state index in [1.54, 1.807) is 12.1 Å². The van der Waals surface area contributed by atoms with Crippen molar-refractivity contribution in [1.82, 2.24) is 4.90 Å². The molecule has 16 heavy (non-hydrogen) atoms. The SMILES string of the molecule is C[NH+]1CCN(C(=O)c2ccc(F)cc2)CC1. The number of nitrogens with zero attached hydrogens (tertiary/aromatic N) is 1. The standard InChI is InChI=1S/C12H15FN2O/c1-14-6-8-15(9-7-14)12(16)10-2-4-11(13)5-3-10/h2-5H,6-9H2,1H3/p+1. The first-order valence-corrected chi connectivity index (χ1v) is 5.53. The van der Waals surface area contributed by atoms with Crippen molar-refractivity contribution in [2.45, 2.75) is 0 Å². The van der Waals surface area contributed by atoms with Crippen LogP contribution in [0.3, 0.4) is 0 Å². The van der Waals surface area contributed by atoms with Crippen molar-refractivity contribution in [1.29, 1.82) is 0 Å². The number of likely N-dealkylation sites (N-methyl/N-ethyl adjacent to an activating group) is 1. The molecule has 0 unspecified atom stereocenters. The number of benzene rings is 1. The predicted octanol–water partition coefficient (Wildman–Crippen LogP) is -0.204. The Morgan fingerprint density at radius 2 is 1.81 bits per heavy atom. The van der Waals surface area contributed by atoms with E-state index < -0.39 is 0 Å². The summed E-state index contributed by atoms with van der Waals surface area (Å²) >= 11 is 0. The van der Waals surface area contributed by atoms with Crippen LogP contribution in [-0.4, -0.2) is 44.0 Å². The molecule has 0 atom stereocenters. The van der Waals surface area contributed by atoms with Crippen LogP contribution in [0.2, 0.25) is 0 Å². The summed E-state index contributed by atoms with van der Waals surface area (Å²) in [6.45, 7) is 3.52. The van der Waals surface area contributed by atoms with Crippen molar-refractivity contribution < 1.29 is 14.1 Å². The quantitative estimate of drug-likeness (QED) is 0.700. The van der Waals surface area contributed by atoms with Gasteiger partial charge < -0.3 is 9.80 Å². The highest BCUT2D eigenvalue weighted by molar-refractivity contribution is 5.94. The maximum Gasteiger partial charge on any atom is 0.254 e. The van der Waals surface area contributed by atoms with Crippen molar-refractivity contribution in [3.05, 3.63) is 35.6 Å². The summed E-state index contributed by atoms with van der Waals surface area (Å²) < 4.78 is 12.7. The molecular formula is C12H16FN2O+. The van der Waals surface area contributed by atoms with Crippen LogP contribution >= 0.6 is 0 Å². The number of carbonyl (C=O) groups excluding carboxylic acids is 1. The lowest BCUT2D eigenvalue weighted by atomic mass is 10.2. The number of hydrogen-bond donors (Lipinski definition) is 1. The molecule has 3 nitrogen and oxygen atoms in total. The van der Waals surface area contributed by atoms with Gasteiger partial charge in [-0.05, 0) is 24.3 Å². The highest BCUT2D eigenvalue weighted by Crippen LogP contribution is 2.06. The number of carbonyl (C=O) groups is 1. The van der Waals surface area contributed by atoms with E-state index >= 15 is 0 Å². The Morgan fingerprint density at radius 3 is 2.38 bits per heavy atom. The topological polar surface area (TPSA) is 24.8 Å². The van der Waals surface area contributed by atoms with E-state index in [0.29, 0.717) is 5.56 Å². The summed E-state index contributed by atoms with van der Waals surface area (Å²) in [5.74, 6) is -0.299. The molecule has 0 saturated carbocycles. The van der Waals surface area contributed by atoms with Crippen molar-refractivity contribution in [3.63, 3.8) is 0 Å². The van der Waals surface area contributed by atoms with Gasteiger partial charge >= 0.3 is 0 Å². The van der Waals surface area contributed by atoms with Crippen LogP contribution in [0.5, 0.6) is 0 Å². The summed E-state index contributed by atoms with van der Waals surface area (Å²) in [5, 5.41) is 0. The van der Waals surface area contributed by atoms with Gasteiger partial charge in [-0.1, -0.05) is 0 Å². The van der Waals surface area contributed by atoms with E-state index in [9.17, 15) is 9.18 Å². The highest BCUT2D eigenvalue weighted by Gasteiger charge is 2.22. The first-order valence-electron chi connectivity index (χ1n) is 5.53. The molecule has 1 amide bonds. The Labute approximate surface area is 94.5 Å². The minimum Gasteiger partial charge on any atom is -0.334 e. The van der Waals surface area contributed by atoms with Gasteiger partial charge in [-0.15, -0.1) is 0 Å². The van der Waals surface area contributed by atoms with Crippen LogP contribution in [0, 0.1) is 5.82 Å². The average molecular weight is 223 g/mol. The number of nitrogens with one attached hydrogen (secondary N) is 1. The molecule has 1 aromatic carbocycles. The van der Waals surface area contributed by atoms with Gasteiger partial charge in [0.25, 0.3) is 5.91 Å². The van der Waals surface area contributed by atoms with Gasteiger partial charge in [-0.3, -0.25) is 4.79 Å². The zero-order valence-corrected chi connectivity index (χ0v) is 9.37. The lowest BCUT2D eigenvalue weighted by Crippen LogP contribution is -3.12. The van der Waals surface area contributed by atoms with Gasteiger partial charge in [0.15, 0.2) is 0 Å². The number of amides is 1. The van der Waals surface area contributed by atoms with E-state index in [-0.39, 0.29) is 11.7 Å². The second-order valence-corrected chi connectivity index (χ2v) is 4.26. The zero-order valence-electron chi connectivity index (χ0n) is 9.37. The van der Waals surface area contributed by atoms with Crippen molar-refractivity contribution in [2.24, 2.45) is 0 Å². The molecule has 1 N–H and O–H groups in total. The first-order chi connectivity index (χ1) is 7.66. The Kier molecular flexibility index (Phi) is 3.19. The van der Waals surface area contributed by atoms with E-state index in [1.807, 2.05) is 4.90 Å². The fourth-order valence-electron chi connectivity index (χ4n) is 1.87. The van der Waals surface area contributed by atoms with Crippen molar-refractivity contribution >= 4 is 5.91 Å². The largest absolute Gasteiger partial charge is 0.334 e. The third-order valence-electron chi connectivity index (χ3n) is 3.00. The normalized spacial score (nSPS) is 17.5. The molecule has 2 rings (SSSR count). The molecule has 1 aliphatic heterocycles. The molecule has 0 aliphatic carbocycles. The Hall–Kier alpha value is -1.42. The van der Waals surface area contributed by atoms with Crippen LogP contribution in [0.25, 0.3) is 0 Å². The second-order valence-electron chi connectivity index (χ2n) is 4.26. The summed E-state index contributed by atoms with van der Waals surface area (Å²) in [6.07, 6.45) is 0. The maximum absolute atomic E-state index is 12.7. The Balaban J connectivity index is 2.05. The lowest BCUT2D eigenvalue weighted by molar-refractivity contribution is -0.883. The minimum absolute atomic E-state index is 0.00694. The molecule has 4 heteroatoms. The molecule has 86 valence electrons. The van der Waals surface area contributed by atoms with Crippen LogP contribution in [0.1, 0.15) is 10.4 Å². The predicted molar refractivity (Wildman–Crippen MR) is 58.9 cm³/mol. The number of rotatable bonds is 1. The molecule has 1 aliphatic rings. The van der Waals surface area contributed by atoms with Gasteiger partial charge in [-0.2, -0.15) is 0 Å². The Bertz CT molecular complexity index is 369. The van der Waals surface area contributed by atoms with E-state index in [4.69, 9.17) is 0 Å². The highest BCUT2D eigenvalue weighted by atomic mass is 19.1. The van der Waals surface area contributed by atoms with E-state index in [2.05, 4.69) is 7.05 Å². The maximum atomic E-state index is 12.7. The van der Waals surface area contributed by atoms with Crippen LogP contribution in [0.15, 0.2) is 24.3 Å². The average Bonchev–Trinajstić information content (AvgIpc) is 2.30. The molecule has 1 aromatic rings. The molecule has 0 aromatic heterocycles. The number of halogens is 1. The number of piperazine rings is 1. The fraction of sp³-hybridized carbons (Fsp3) is 0.417. The van der Waals surface area contributed by atoms with Crippen LogP contribution in [0.4, 0.5) is 4.39 Å². The molecule has 1 fully saturated rings. The van der Waals surface area contributed by atoms with Crippen LogP contribution in [-0.2, 0) is 0 Å². The second kappa shape index (κ2) is 4.61. The third-order valence-corrected chi connectivity index (χ3v) is 3.00. The fourth-order valence-corrected chi connectivity index (χ4v) is 1.87. The van der Waals surface area contributed by atoms with Crippen molar-refractivity contribution in [3.8, 4) is 0 Å². The molecule has 1 saturated heterocycles. The van der Waals surface area contributed by atoms with Gasteiger partial charge in [0.2, 0.25) is 0 Å². The molecule has 0 radical (unpaired) electrons. The van der Waals surface area contributed by atoms with Gasteiger partial charge in [-0.25, -0.2) is 4.39 Å². The van der Waals surface area contributed by atoms with Crippen LogP contribution < -0.4 is 4.90 Å². The first kappa shape index (κ1) is 11.1. The summed E-state index contributed by atoms with van der Waals surface area (Å²) in [7, 11) is 2.12. The van der Waals surface area contributed by atoms with Gasteiger partial charge in [0, 0.05) is 5.56 Å². The molecular weight excluding hydrogens is 207 g/mol. The molecule has 0 spiro atoms. The molecule has 0 bridgehead atoms. The monoisotopic (exact) mass is 223 g/mol. The number of quaternary nitrogens is 1.